The molecular weight excluding hydrogens is 422 g/mol. The van der Waals surface area contributed by atoms with Crippen LogP contribution >= 0.6 is 11.6 Å². The van der Waals surface area contributed by atoms with Gasteiger partial charge in [0.1, 0.15) is 11.6 Å². The van der Waals surface area contributed by atoms with Gasteiger partial charge in [0.05, 0.1) is 10.6 Å². The molecule has 0 spiro atoms. The average molecular weight is 437 g/mol. The zero-order valence-electron chi connectivity index (χ0n) is 15.0. The molecule has 0 saturated heterocycles. The molecule has 0 aliphatic heterocycles. The minimum Gasteiger partial charge on any atom is -0.319 e. The standard InChI is InChI=1S/C20H15ClF2N2O3S/c1-12-5-7-16(11-17(12)22)29(27,28)25-15-4-2-3-13(9-15)20(26)24-19-8-6-14(21)10-18(19)23/h2-11,25H,1H3,(H,24,26). The van der Waals surface area contributed by atoms with E-state index in [1.54, 1.807) is 0 Å². The lowest BCUT2D eigenvalue weighted by Gasteiger charge is -2.11. The van der Waals surface area contributed by atoms with Gasteiger partial charge in [0.25, 0.3) is 15.9 Å². The first-order chi connectivity index (χ1) is 13.7. The van der Waals surface area contributed by atoms with Crippen molar-refractivity contribution in [1.82, 2.24) is 0 Å². The SMILES string of the molecule is Cc1ccc(S(=O)(=O)Nc2cccc(C(=O)Nc3ccc(Cl)cc3F)c2)cc1F. The summed E-state index contributed by atoms with van der Waals surface area (Å²) in [6, 6.07) is 13.0. The van der Waals surface area contributed by atoms with Crippen molar-refractivity contribution in [3.63, 3.8) is 0 Å². The number of aryl methyl sites for hydroxylation is 1. The van der Waals surface area contributed by atoms with Crippen LogP contribution in [-0.4, -0.2) is 14.3 Å². The molecule has 0 aliphatic rings. The number of anilines is 2. The quantitative estimate of drug-likeness (QED) is 0.592. The Hall–Kier alpha value is -2.97. The lowest BCUT2D eigenvalue weighted by Crippen LogP contribution is -2.16. The predicted molar refractivity (Wildman–Crippen MR) is 108 cm³/mol. The number of halogens is 3. The molecule has 5 nitrogen and oxygen atoms in total. The fourth-order valence-electron chi connectivity index (χ4n) is 2.46. The van der Waals surface area contributed by atoms with Crippen molar-refractivity contribution in [3.8, 4) is 0 Å². The van der Waals surface area contributed by atoms with Crippen LogP contribution in [0.25, 0.3) is 0 Å². The number of carbonyl (C=O) groups excluding carboxylic acids is 1. The molecule has 0 aromatic heterocycles. The minimum atomic E-state index is -4.06. The normalized spacial score (nSPS) is 11.2. The van der Waals surface area contributed by atoms with Crippen LogP contribution < -0.4 is 10.0 Å². The van der Waals surface area contributed by atoms with Crippen molar-refractivity contribution in [3.05, 3.63) is 88.4 Å². The Bertz CT molecular complexity index is 1200. The fraction of sp³-hybridized carbons (Fsp3) is 0.0500. The Labute approximate surface area is 171 Å². The van der Waals surface area contributed by atoms with E-state index in [0.29, 0.717) is 5.56 Å². The highest BCUT2D eigenvalue weighted by Crippen LogP contribution is 2.22. The van der Waals surface area contributed by atoms with Crippen LogP contribution in [0.1, 0.15) is 15.9 Å². The molecule has 0 aliphatic carbocycles. The van der Waals surface area contributed by atoms with Gasteiger partial charge in [-0.1, -0.05) is 23.7 Å². The van der Waals surface area contributed by atoms with E-state index in [1.165, 1.54) is 55.5 Å². The number of amides is 1. The van der Waals surface area contributed by atoms with Gasteiger partial charge in [0.2, 0.25) is 0 Å². The third-order valence-corrected chi connectivity index (χ3v) is 5.62. The van der Waals surface area contributed by atoms with E-state index in [-0.39, 0.29) is 26.9 Å². The maximum Gasteiger partial charge on any atom is 0.261 e. The Morgan fingerprint density at radius 3 is 2.41 bits per heavy atom. The average Bonchev–Trinajstić information content (AvgIpc) is 2.66. The second-order valence-electron chi connectivity index (χ2n) is 6.18. The van der Waals surface area contributed by atoms with Crippen LogP contribution in [0.15, 0.2) is 65.6 Å². The second-order valence-corrected chi connectivity index (χ2v) is 8.29. The second kappa shape index (κ2) is 8.18. The molecule has 0 fully saturated rings. The first-order valence-electron chi connectivity index (χ1n) is 8.31. The van der Waals surface area contributed by atoms with Crippen LogP contribution in [0.2, 0.25) is 5.02 Å². The van der Waals surface area contributed by atoms with Gasteiger partial charge in [-0.05, 0) is 61.0 Å². The van der Waals surface area contributed by atoms with Crippen LogP contribution in [-0.2, 0) is 10.0 Å². The molecule has 0 unspecified atom stereocenters. The zero-order valence-corrected chi connectivity index (χ0v) is 16.6. The zero-order chi connectivity index (χ0) is 21.2. The highest BCUT2D eigenvalue weighted by Gasteiger charge is 2.17. The molecule has 3 aromatic carbocycles. The molecule has 2 N–H and O–H groups in total. The molecule has 0 radical (unpaired) electrons. The van der Waals surface area contributed by atoms with E-state index >= 15 is 0 Å². The lowest BCUT2D eigenvalue weighted by molar-refractivity contribution is 0.102. The van der Waals surface area contributed by atoms with Crippen LogP contribution in [0.4, 0.5) is 20.2 Å². The Balaban J connectivity index is 1.81. The van der Waals surface area contributed by atoms with E-state index < -0.39 is 27.6 Å². The molecule has 150 valence electrons. The van der Waals surface area contributed by atoms with Crippen molar-refractivity contribution in [2.75, 3.05) is 10.0 Å². The molecular formula is C20H15ClF2N2O3S. The molecule has 29 heavy (non-hydrogen) atoms. The Morgan fingerprint density at radius 1 is 0.966 bits per heavy atom. The molecule has 9 heteroatoms. The first kappa shape index (κ1) is 20.8. The number of hydrogen-bond donors (Lipinski definition) is 2. The van der Waals surface area contributed by atoms with E-state index in [9.17, 15) is 22.0 Å². The van der Waals surface area contributed by atoms with Crippen molar-refractivity contribution in [1.29, 1.82) is 0 Å². The number of sulfonamides is 1. The maximum absolute atomic E-state index is 13.9. The van der Waals surface area contributed by atoms with Gasteiger partial charge in [-0.15, -0.1) is 0 Å². The highest BCUT2D eigenvalue weighted by atomic mass is 35.5. The van der Waals surface area contributed by atoms with Crippen molar-refractivity contribution < 1.29 is 22.0 Å². The predicted octanol–water partition coefficient (Wildman–Crippen LogP) is 4.98. The summed E-state index contributed by atoms with van der Waals surface area (Å²) in [4.78, 5) is 12.1. The minimum absolute atomic E-state index is 0.0690. The summed E-state index contributed by atoms with van der Waals surface area (Å²) in [5, 5.41) is 2.57. The molecule has 0 saturated carbocycles. The molecule has 3 aromatic rings. The van der Waals surface area contributed by atoms with Gasteiger partial charge in [-0.25, -0.2) is 17.2 Å². The third kappa shape index (κ3) is 4.90. The third-order valence-electron chi connectivity index (χ3n) is 4.01. The lowest BCUT2D eigenvalue weighted by atomic mass is 10.2. The topological polar surface area (TPSA) is 75.3 Å². The number of rotatable bonds is 5. The van der Waals surface area contributed by atoms with Gasteiger partial charge in [0.15, 0.2) is 0 Å². The van der Waals surface area contributed by atoms with Crippen molar-refractivity contribution in [2.45, 2.75) is 11.8 Å². The van der Waals surface area contributed by atoms with Gasteiger partial charge < -0.3 is 5.32 Å². The Morgan fingerprint density at radius 2 is 1.72 bits per heavy atom. The smallest absolute Gasteiger partial charge is 0.261 e. The van der Waals surface area contributed by atoms with E-state index in [2.05, 4.69) is 10.0 Å². The summed E-state index contributed by atoms with van der Waals surface area (Å²) in [5.41, 5.74) is 0.433. The largest absolute Gasteiger partial charge is 0.319 e. The summed E-state index contributed by atoms with van der Waals surface area (Å²) in [6.45, 7) is 1.52. The summed E-state index contributed by atoms with van der Waals surface area (Å²) < 4.78 is 54.8. The summed E-state index contributed by atoms with van der Waals surface area (Å²) >= 11 is 5.68. The number of nitrogens with one attached hydrogen (secondary N) is 2. The highest BCUT2D eigenvalue weighted by molar-refractivity contribution is 7.92. The first-order valence-corrected chi connectivity index (χ1v) is 10.2. The van der Waals surface area contributed by atoms with Crippen molar-refractivity contribution >= 4 is 38.9 Å². The van der Waals surface area contributed by atoms with Crippen molar-refractivity contribution in [2.24, 2.45) is 0 Å². The van der Waals surface area contributed by atoms with Crippen LogP contribution in [0, 0.1) is 18.6 Å². The maximum atomic E-state index is 13.9. The molecule has 1 amide bonds. The van der Waals surface area contributed by atoms with Gasteiger partial charge >= 0.3 is 0 Å². The summed E-state index contributed by atoms with van der Waals surface area (Å²) in [6.07, 6.45) is 0. The summed E-state index contributed by atoms with van der Waals surface area (Å²) in [7, 11) is -4.06. The summed E-state index contributed by atoms with van der Waals surface area (Å²) in [5.74, 6) is -2.00. The van der Waals surface area contributed by atoms with Crippen LogP contribution in [0.5, 0.6) is 0 Å². The van der Waals surface area contributed by atoms with Gasteiger partial charge in [0, 0.05) is 16.3 Å². The number of hydrogen-bond acceptors (Lipinski definition) is 3. The monoisotopic (exact) mass is 436 g/mol. The van der Waals surface area contributed by atoms with E-state index in [1.807, 2.05) is 0 Å². The molecule has 0 bridgehead atoms. The Kier molecular flexibility index (Phi) is 5.86. The van der Waals surface area contributed by atoms with Gasteiger partial charge in [-0.2, -0.15) is 0 Å². The van der Waals surface area contributed by atoms with E-state index in [0.717, 1.165) is 12.1 Å². The van der Waals surface area contributed by atoms with Crippen LogP contribution in [0.3, 0.4) is 0 Å². The molecule has 3 rings (SSSR count). The fourth-order valence-corrected chi connectivity index (χ4v) is 3.68. The molecule has 0 atom stereocenters. The number of benzene rings is 3. The number of carbonyl (C=O) groups is 1. The van der Waals surface area contributed by atoms with Gasteiger partial charge in [-0.3, -0.25) is 9.52 Å². The molecule has 0 heterocycles. The van der Waals surface area contributed by atoms with E-state index in [4.69, 9.17) is 11.6 Å².